The standard InChI is InChI=1S/C19H20N2O/c1-14(2)21-17-10-6-5-9-16(17)20-19(21)13-12-15-8-4-7-11-18(15)22-3/h4-14H,1-3H3. The highest BCUT2D eigenvalue weighted by Crippen LogP contribution is 2.24. The van der Waals surface area contributed by atoms with Crippen LogP contribution in [-0.2, 0) is 0 Å². The Hall–Kier alpha value is -2.55. The number of para-hydroxylation sites is 3. The van der Waals surface area contributed by atoms with Gasteiger partial charge in [-0.05, 0) is 44.2 Å². The van der Waals surface area contributed by atoms with Gasteiger partial charge in [-0.3, -0.25) is 0 Å². The number of ether oxygens (including phenoxy) is 1. The highest BCUT2D eigenvalue weighted by Gasteiger charge is 2.10. The number of methoxy groups -OCH3 is 1. The lowest BCUT2D eigenvalue weighted by atomic mass is 10.2. The molecule has 0 atom stereocenters. The molecule has 1 aromatic heterocycles. The number of aromatic nitrogens is 2. The fourth-order valence-electron chi connectivity index (χ4n) is 2.69. The molecule has 0 spiro atoms. The van der Waals surface area contributed by atoms with Gasteiger partial charge in [0.1, 0.15) is 11.6 Å². The molecule has 3 aromatic rings. The average Bonchev–Trinajstić information content (AvgIpc) is 2.91. The molecule has 0 saturated carbocycles. The normalized spacial score (nSPS) is 11.6. The van der Waals surface area contributed by atoms with E-state index in [9.17, 15) is 0 Å². The van der Waals surface area contributed by atoms with Gasteiger partial charge in [-0.15, -0.1) is 0 Å². The number of imidazole rings is 1. The van der Waals surface area contributed by atoms with E-state index in [2.05, 4.69) is 48.8 Å². The van der Waals surface area contributed by atoms with Crippen LogP contribution in [0.1, 0.15) is 31.3 Å². The Morgan fingerprint density at radius 1 is 1.00 bits per heavy atom. The number of nitrogens with zero attached hydrogens (tertiary/aromatic N) is 2. The molecule has 3 nitrogen and oxygen atoms in total. The van der Waals surface area contributed by atoms with Crippen molar-refractivity contribution in [3.05, 3.63) is 59.9 Å². The van der Waals surface area contributed by atoms with E-state index in [4.69, 9.17) is 9.72 Å². The summed E-state index contributed by atoms with van der Waals surface area (Å²) in [6, 6.07) is 16.6. The van der Waals surface area contributed by atoms with Gasteiger partial charge in [-0.2, -0.15) is 0 Å². The molecular weight excluding hydrogens is 272 g/mol. The zero-order valence-corrected chi connectivity index (χ0v) is 13.2. The minimum absolute atomic E-state index is 0.352. The van der Waals surface area contributed by atoms with Crippen molar-refractivity contribution in [1.82, 2.24) is 9.55 Å². The van der Waals surface area contributed by atoms with E-state index in [1.54, 1.807) is 7.11 Å². The SMILES string of the molecule is COc1ccccc1C=Cc1nc2ccccc2n1C(C)C. The lowest BCUT2D eigenvalue weighted by Crippen LogP contribution is -2.02. The van der Waals surface area contributed by atoms with E-state index in [0.717, 1.165) is 28.2 Å². The summed E-state index contributed by atoms with van der Waals surface area (Å²) < 4.78 is 7.64. The van der Waals surface area contributed by atoms with Gasteiger partial charge in [0, 0.05) is 11.6 Å². The third-order valence-electron chi connectivity index (χ3n) is 3.69. The first-order valence-corrected chi connectivity index (χ1v) is 7.49. The topological polar surface area (TPSA) is 27.1 Å². The first kappa shape index (κ1) is 14.4. The molecule has 0 bridgehead atoms. The van der Waals surface area contributed by atoms with Crippen LogP contribution in [0.4, 0.5) is 0 Å². The molecule has 0 saturated heterocycles. The Kier molecular flexibility index (Phi) is 3.96. The van der Waals surface area contributed by atoms with Crippen molar-refractivity contribution < 1.29 is 4.74 Å². The predicted octanol–water partition coefficient (Wildman–Crippen LogP) is 4.80. The molecule has 2 aromatic carbocycles. The van der Waals surface area contributed by atoms with Gasteiger partial charge >= 0.3 is 0 Å². The molecule has 0 amide bonds. The minimum Gasteiger partial charge on any atom is -0.496 e. The van der Waals surface area contributed by atoms with Crippen molar-refractivity contribution in [3.63, 3.8) is 0 Å². The Bertz CT molecular complexity index is 815. The van der Waals surface area contributed by atoms with E-state index >= 15 is 0 Å². The maximum absolute atomic E-state index is 5.39. The van der Waals surface area contributed by atoms with E-state index in [-0.39, 0.29) is 0 Å². The van der Waals surface area contributed by atoms with E-state index in [1.165, 1.54) is 0 Å². The lowest BCUT2D eigenvalue weighted by Gasteiger charge is -2.11. The number of benzene rings is 2. The summed E-state index contributed by atoms with van der Waals surface area (Å²) in [6.07, 6.45) is 4.11. The first-order chi connectivity index (χ1) is 10.7. The monoisotopic (exact) mass is 292 g/mol. The van der Waals surface area contributed by atoms with Crippen molar-refractivity contribution in [1.29, 1.82) is 0 Å². The van der Waals surface area contributed by atoms with Gasteiger partial charge < -0.3 is 9.30 Å². The number of fused-ring (bicyclic) bond motifs is 1. The maximum Gasteiger partial charge on any atom is 0.134 e. The highest BCUT2D eigenvalue weighted by molar-refractivity contribution is 5.80. The van der Waals surface area contributed by atoms with Gasteiger partial charge in [-0.25, -0.2) is 4.98 Å². The summed E-state index contributed by atoms with van der Waals surface area (Å²) in [4.78, 5) is 4.74. The molecule has 0 N–H and O–H groups in total. The third kappa shape index (κ3) is 2.62. The molecule has 0 radical (unpaired) electrons. The molecular formula is C19H20N2O. The van der Waals surface area contributed by atoms with Gasteiger partial charge in [0.05, 0.1) is 18.1 Å². The quantitative estimate of drug-likeness (QED) is 0.691. The van der Waals surface area contributed by atoms with Crippen LogP contribution in [0.25, 0.3) is 23.2 Å². The summed E-state index contributed by atoms with van der Waals surface area (Å²) in [6.45, 7) is 4.35. The van der Waals surface area contributed by atoms with E-state index in [0.29, 0.717) is 6.04 Å². The number of hydrogen-bond acceptors (Lipinski definition) is 2. The highest BCUT2D eigenvalue weighted by atomic mass is 16.5. The van der Waals surface area contributed by atoms with Crippen LogP contribution >= 0.6 is 0 Å². The Morgan fingerprint density at radius 2 is 1.73 bits per heavy atom. The van der Waals surface area contributed by atoms with E-state index < -0.39 is 0 Å². The fourth-order valence-corrected chi connectivity index (χ4v) is 2.69. The predicted molar refractivity (Wildman–Crippen MR) is 92.0 cm³/mol. The van der Waals surface area contributed by atoms with Gasteiger partial charge in [0.2, 0.25) is 0 Å². The average molecular weight is 292 g/mol. The Balaban J connectivity index is 2.07. The smallest absolute Gasteiger partial charge is 0.134 e. The van der Waals surface area contributed by atoms with Crippen LogP contribution in [-0.4, -0.2) is 16.7 Å². The van der Waals surface area contributed by atoms with Gasteiger partial charge in [0.15, 0.2) is 0 Å². The summed E-state index contributed by atoms with van der Waals surface area (Å²) in [5.74, 6) is 1.83. The van der Waals surface area contributed by atoms with Gasteiger partial charge in [0.25, 0.3) is 0 Å². The lowest BCUT2D eigenvalue weighted by molar-refractivity contribution is 0.414. The summed E-state index contributed by atoms with van der Waals surface area (Å²) in [5.41, 5.74) is 3.24. The Morgan fingerprint density at radius 3 is 2.50 bits per heavy atom. The van der Waals surface area contributed by atoms with Crippen LogP contribution in [0.2, 0.25) is 0 Å². The van der Waals surface area contributed by atoms with Gasteiger partial charge in [-0.1, -0.05) is 30.3 Å². The van der Waals surface area contributed by atoms with Crippen molar-refractivity contribution >= 4 is 23.2 Å². The van der Waals surface area contributed by atoms with Crippen molar-refractivity contribution in [2.24, 2.45) is 0 Å². The number of rotatable bonds is 4. The molecule has 0 aliphatic rings. The van der Waals surface area contributed by atoms with E-state index in [1.807, 2.05) is 30.3 Å². The minimum atomic E-state index is 0.352. The molecule has 112 valence electrons. The van der Waals surface area contributed by atoms with Crippen molar-refractivity contribution in [2.75, 3.05) is 7.11 Å². The van der Waals surface area contributed by atoms with Crippen LogP contribution in [0.15, 0.2) is 48.5 Å². The molecule has 0 unspecified atom stereocenters. The third-order valence-corrected chi connectivity index (χ3v) is 3.69. The number of hydrogen-bond donors (Lipinski definition) is 0. The maximum atomic E-state index is 5.39. The molecule has 3 rings (SSSR count). The van der Waals surface area contributed by atoms with Crippen molar-refractivity contribution in [2.45, 2.75) is 19.9 Å². The second-order valence-electron chi connectivity index (χ2n) is 5.50. The van der Waals surface area contributed by atoms with Crippen LogP contribution < -0.4 is 4.74 Å². The molecule has 0 fully saturated rings. The molecule has 0 aliphatic heterocycles. The van der Waals surface area contributed by atoms with Crippen LogP contribution in [0, 0.1) is 0 Å². The van der Waals surface area contributed by atoms with Crippen molar-refractivity contribution in [3.8, 4) is 5.75 Å². The zero-order valence-electron chi connectivity index (χ0n) is 13.2. The summed E-state index contributed by atoms with van der Waals surface area (Å²) in [7, 11) is 1.69. The second kappa shape index (κ2) is 6.06. The van der Waals surface area contributed by atoms with Crippen LogP contribution in [0.5, 0.6) is 5.75 Å². The Labute approximate surface area is 130 Å². The molecule has 3 heteroatoms. The largest absolute Gasteiger partial charge is 0.496 e. The molecule has 0 aliphatic carbocycles. The molecule has 1 heterocycles. The fraction of sp³-hybridized carbons (Fsp3) is 0.211. The molecule has 22 heavy (non-hydrogen) atoms. The van der Waals surface area contributed by atoms with Crippen LogP contribution in [0.3, 0.4) is 0 Å². The summed E-state index contributed by atoms with van der Waals surface area (Å²) in [5, 5.41) is 0. The first-order valence-electron chi connectivity index (χ1n) is 7.49. The second-order valence-corrected chi connectivity index (χ2v) is 5.50. The zero-order chi connectivity index (χ0) is 15.5. The summed E-state index contributed by atoms with van der Waals surface area (Å²) >= 11 is 0.